The highest BCUT2D eigenvalue weighted by atomic mass is 16.6. The molecule has 1 aliphatic carbocycles. The number of anilines is 1. The molecular formula is C15H22N2O3. The van der Waals surface area contributed by atoms with E-state index in [2.05, 4.69) is 12.2 Å². The number of hydrogen-bond donors (Lipinski definition) is 2. The average molecular weight is 278 g/mol. The van der Waals surface area contributed by atoms with Crippen LogP contribution >= 0.6 is 0 Å². The number of nitrogens with one attached hydrogen (secondary N) is 1. The van der Waals surface area contributed by atoms with Gasteiger partial charge in [-0.25, -0.2) is 0 Å². The first-order valence-corrected chi connectivity index (χ1v) is 7.11. The standard InChI is InChI=1S/C15H22N2O3/c1-11-5-7-15(18,8-6-11)10-16-13-3-4-14(17(19)20)12(2)9-13/h3-4,9,11,16,18H,5-8,10H2,1-2H3. The van der Waals surface area contributed by atoms with E-state index in [0.29, 0.717) is 18.0 Å². The Bertz CT molecular complexity index is 494. The van der Waals surface area contributed by atoms with E-state index in [9.17, 15) is 15.2 Å². The number of aliphatic hydroxyl groups is 1. The van der Waals surface area contributed by atoms with Gasteiger partial charge in [-0.2, -0.15) is 0 Å². The molecule has 5 nitrogen and oxygen atoms in total. The Morgan fingerprint density at radius 3 is 2.65 bits per heavy atom. The van der Waals surface area contributed by atoms with Crippen LogP contribution < -0.4 is 5.32 Å². The van der Waals surface area contributed by atoms with Crippen LogP contribution in [-0.2, 0) is 0 Å². The van der Waals surface area contributed by atoms with Crippen molar-refractivity contribution in [2.45, 2.75) is 45.1 Å². The summed E-state index contributed by atoms with van der Waals surface area (Å²) in [5, 5.41) is 24.5. The van der Waals surface area contributed by atoms with E-state index in [1.165, 1.54) is 6.07 Å². The summed E-state index contributed by atoms with van der Waals surface area (Å²) >= 11 is 0. The van der Waals surface area contributed by atoms with Crippen molar-refractivity contribution in [3.05, 3.63) is 33.9 Å². The number of nitrogens with zero attached hydrogens (tertiary/aromatic N) is 1. The van der Waals surface area contributed by atoms with Crippen LogP contribution in [0.4, 0.5) is 11.4 Å². The van der Waals surface area contributed by atoms with E-state index in [-0.39, 0.29) is 10.6 Å². The molecule has 0 unspecified atom stereocenters. The van der Waals surface area contributed by atoms with Gasteiger partial charge in [-0.1, -0.05) is 6.92 Å². The number of hydrogen-bond acceptors (Lipinski definition) is 4. The number of nitro groups is 1. The maximum absolute atomic E-state index is 10.8. The SMILES string of the molecule is Cc1cc(NCC2(O)CCC(C)CC2)ccc1[N+](=O)[O-]. The fourth-order valence-electron chi connectivity index (χ4n) is 2.71. The molecule has 2 N–H and O–H groups in total. The Kier molecular flexibility index (Phi) is 4.28. The highest BCUT2D eigenvalue weighted by molar-refractivity contribution is 5.53. The third-order valence-corrected chi connectivity index (χ3v) is 4.22. The van der Waals surface area contributed by atoms with Crippen LogP contribution in [0.2, 0.25) is 0 Å². The third kappa shape index (κ3) is 3.48. The van der Waals surface area contributed by atoms with Crippen LogP contribution in [0.3, 0.4) is 0 Å². The molecule has 0 radical (unpaired) electrons. The molecule has 0 aromatic heterocycles. The summed E-state index contributed by atoms with van der Waals surface area (Å²) < 4.78 is 0. The monoisotopic (exact) mass is 278 g/mol. The van der Waals surface area contributed by atoms with Crippen LogP contribution in [-0.4, -0.2) is 22.2 Å². The molecule has 5 heteroatoms. The summed E-state index contributed by atoms with van der Waals surface area (Å²) in [6.45, 7) is 4.43. The largest absolute Gasteiger partial charge is 0.388 e. The Hall–Kier alpha value is -1.62. The normalized spacial score (nSPS) is 26.2. The van der Waals surface area contributed by atoms with Crippen LogP contribution in [0.15, 0.2) is 18.2 Å². The molecule has 0 heterocycles. The third-order valence-electron chi connectivity index (χ3n) is 4.22. The highest BCUT2D eigenvalue weighted by Crippen LogP contribution is 2.32. The van der Waals surface area contributed by atoms with E-state index < -0.39 is 5.60 Å². The van der Waals surface area contributed by atoms with Crippen molar-refractivity contribution < 1.29 is 10.0 Å². The highest BCUT2D eigenvalue weighted by Gasteiger charge is 2.31. The van der Waals surface area contributed by atoms with Gasteiger partial charge in [0, 0.05) is 23.9 Å². The van der Waals surface area contributed by atoms with Gasteiger partial charge in [0.25, 0.3) is 5.69 Å². The molecule has 1 aromatic carbocycles. The van der Waals surface area contributed by atoms with E-state index in [1.54, 1.807) is 19.1 Å². The maximum atomic E-state index is 10.8. The lowest BCUT2D eigenvalue weighted by Crippen LogP contribution is -2.40. The van der Waals surface area contributed by atoms with E-state index in [4.69, 9.17) is 0 Å². The maximum Gasteiger partial charge on any atom is 0.272 e. The molecule has 1 aromatic rings. The minimum atomic E-state index is -0.651. The molecular weight excluding hydrogens is 256 g/mol. The molecule has 0 amide bonds. The second-order valence-corrected chi connectivity index (χ2v) is 6.02. The van der Waals surface area contributed by atoms with Gasteiger partial charge in [0.15, 0.2) is 0 Å². The lowest BCUT2D eigenvalue weighted by atomic mass is 9.79. The van der Waals surface area contributed by atoms with Crippen molar-refractivity contribution in [2.75, 3.05) is 11.9 Å². The predicted octanol–water partition coefficient (Wildman–Crippen LogP) is 3.26. The quantitative estimate of drug-likeness (QED) is 0.654. The second-order valence-electron chi connectivity index (χ2n) is 6.02. The van der Waals surface area contributed by atoms with Gasteiger partial charge >= 0.3 is 0 Å². The molecule has 20 heavy (non-hydrogen) atoms. The summed E-state index contributed by atoms with van der Waals surface area (Å²) in [6.07, 6.45) is 3.73. The Labute approximate surface area is 119 Å². The van der Waals surface area contributed by atoms with Crippen molar-refractivity contribution in [1.29, 1.82) is 0 Å². The molecule has 2 rings (SSSR count). The number of benzene rings is 1. The van der Waals surface area contributed by atoms with E-state index in [1.807, 2.05) is 0 Å². The molecule has 0 aliphatic heterocycles. The van der Waals surface area contributed by atoms with Crippen molar-refractivity contribution >= 4 is 11.4 Å². The molecule has 1 fully saturated rings. The van der Waals surface area contributed by atoms with Crippen molar-refractivity contribution in [3.8, 4) is 0 Å². The van der Waals surface area contributed by atoms with Crippen molar-refractivity contribution in [1.82, 2.24) is 0 Å². The second kappa shape index (κ2) is 5.79. The van der Waals surface area contributed by atoms with Gasteiger partial charge < -0.3 is 10.4 Å². The van der Waals surface area contributed by atoms with Gasteiger partial charge in [0.1, 0.15) is 0 Å². The number of aryl methyl sites for hydroxylation is 1. The summed E-state index contributed by atoms with van der Waals surface area (Å²) in [4.78, 5) is 10.4. The Morgan fingerprint density at radius 2 is 2.10 bits per heavy atom. The molecule has 0 saturated heterocycles. The lowest BCUT2D eigenvalue weighted by molar-refractivity contribution is -0.385. The minimum absolute atomic E-state index is 0.126. The number of nitro benzene ring substituents is 1. The minimum Gasteiger partial charge on any atom is -0.388 e. The van der Waals surface area contributed by atoms with Crippen LogP contribution in [0.1, 0.15) is 38.2 Å². The average Bonchev–Trinajstić information content (AvgIpc) is 2.40. The van der Waals surface area contributed by atoms with Crippen LogP contribution in [0.25, 0.3) is 0 Å². The predicted molar refractivity (Wildman–Crippen MR) is 78.9 cm³/mol. The van der Waals surface area contributed by atoms with Gasteiger partial charge in [0.05, 0.1) is 10.5 Å². The fourth-order valence-corrected chi connectivity index (χ4v) is 2.71. The van der Waals surface area contributed by atoms with Crippen molar-refractivity contribution in [2.24, 2.45) is 5.92 Å². The number of rotatable bonds is 4. The Morgan fingerprint density at radius 1 is 1.45 bits per heavy atom. The molecule has 1 saturated carbocycles. The topological polar surface area (TPSA) is 75.4 Å². The summed E-state index contributed by atoms with van der Waals surface area (Å²) in [5.41, 5.74) is 0.924. The van der Waals surface area contributed by atoms with Crippen molar-refractivity contribution in [3.63, 3.8) is 0 Å². The smallest absolute Gasteiger partial charge is 0.272 e. The van der Waals surface area contributed by atoms with Crippen LogP contribution in [0.5, 0.6) is 0 Å². The van der Waals surface area contributed by atoms with Gasteiger partial charge in [-0.05, 0) is 50.7 Å². The Balaban J connectivity index is 1.97. The first kappa shape index (κ1) is 14.8. The summed E-state index contributed by atoms with van der Waals surface area (Å²) in [7, 11) is 0. The summed E-state index contributed by atoms with van der Waals surface area (Å²) in [6, 6.07) is 4.96. The van der Waals surface area contributed by atoms with E-state index in [0.717, 1.165) is 31.4 Å². The first-order chi connectivity index (χ1) is 9.39. The molecule has 110 valence electrons. The lowest BCUT2D eigenvalue weighted by Gasteiger charge is -2.35. The fraction of sp³-hybridized carbons (Fsp3) is 0.600. The van der Waals surface area contributed by atoms with Gasteiger partial charge in [-0.3, -0.25) is 10.1 Å². The zero-order chi connectivity index (χ0) is 14.8. The molecule has 0 atom stereocenters. The van der Waals surface area contributed by atoms with E-state index >= 15 is 0 Å². The zero-order valence-corrected chi connectivity index (χ0v) is 12.1. The molecule has 0 spiro atoms. The first-order valence-electron chi connectivity index (χ1n) is 7.11. The zero-order valence-electron chi connectivity index (χ0n) is 12.1. The molecule has 1 aliphatic rings. The van der Waals surface area contributed by atoms with Gasteiger partial charge in [0.2, 0.25) is 0 Å². The molecule has 0 bridgehead atoms. The van der Waals surface area contributed by atoms with Crippen LogP contribution in [0, 0.1) is 23.0 Å². The van der Waals surface area contributed by atoms with Gasteiger partial charge in [-0.15, -0.1) is 0 Å². The summed E-state index contributed by atoms with van der Waals surface area (Å²) in [5.74, 6) is 0.692.